The molecule has 0 spiro atoms. The van der Waals surface area contributed by atoms with E-state index in [9.17, 15) is 18.4 Å². The van der Waals surface area contributed by atoms with Crippen LogP contribution in [0.4, 0.5) is 14.5 Å². The molecule has 0 unspecified atom stereocenters. The standard InChI is InChI=1S/C22H25F2N3O3/c1-15-6-5-7-16(2)20(15)25-19(28)14-26-10-12-27(13-11-26)21(29)17-8-3-4-9-18(17)30-22(23)24/h3-9,22H,10-14H2,1-2H3,(H,25,28). The number of hydrogen-bond donors (Lipinski definition) is 1. The Morgan fingerprint density at radius 3 is 2.27 bits per heavy atom. The van der Waals surface area contributed by atoms with Crippen molar-refractivity contribution in [1.82, 2.24) is 9.80 Å². The van der Waals surface area contributed by atoms with E-state index in [1.54, 1.807) is 17.0 Å². The molecule has 30 heavy (non-hydrogen) atoms. The van der Waals surface area contributed by atoms with Crippen LogP contribution in [0.5, 0.6) is 5.75 Å². The van der Waals surface area contributed by atoms with Gasteiger partial charge < -0.3 is 15.0 Å². The van der Waals surface area contributed by atoms with E-state index >= 15 is 0 Å². The van der Waals surface area contributed by atoms with Crippen LogP contribution in [0.2, 0.25) is 0 Å². The number of alkyl halides is 2. The largest absolute Gasteiger partial charge is 0.434 e. The SMILES string of the molecule is Cc1cccc(C)c1NC(=O)CN1CCN(C(=O)c2ccccc2OC(F)F)CC1. The average Bonchev–Trinajstić information content (AvgIpc) is 2.71. The highest BCUT2D eigenvalue weighted by Gasteiger charge is 2.26. The van der Waals surface area contributed by atoms with Crippen molar-refractivity contribution < 1.29 is 23.1 Å². The maximum atomic E-state index is 12.8. The molecule has 0 bridgehead atoms. The summed E-state index contributed by atoms with van der Waals surface area (Å²) in [5.74, 6) is -0.596. The molecule has 6 nitrogen and oxygen atoms in total. The van der Waals surface area contributed by atoms with Crippen LogP contribution < -0.4 is 10.1 Å². The van der Waals surface area contributed by atoms with E-state index in [4.69, 9.17) is 0 Å². The molecule has 2 amide bonds. The molecule has 0 radical (unpaired) electrons. The number of rotatable bonds is 6. The maximum absolute atomic E-state index is 12.8. The Morgan fingerprint density at radius 1 is 1.00 bits per heavy atom. The summed E-state index contributed by atoms with van der Waals surface area (Å²) < 4.78 is 29.6. The van der Waals surface area contributed by atoms with Gasteiger partial charge in [-0.2, -0.15) is 8.78 Å². The Kier molecular flexibility index (Phi) is 6.99. The topological polar surface area (TPSA) is 61.9 Å². The highest BCUT2D eigenvalue weighted by atomic mass is 19.3. The second kappa shape index (κ2) is 9.67. The van der Waals surface area contributed by atoms with Gasteiger partial charge in [0.15, 0.2) is 0 Å². The highest BCUT2D eigenvalue weighted by Crippen LogP contribution is 2.23. The van der Waals surface area contributed by atoms with Gasteiger partial charge in [-0.3, -0.25) is 14.5 Å². The number of halogens is 2. The molecule has 0 aromatic heterocycles. The molecule has 1 fully saturated rings. The summed E-state index contributed by atoms with van der Waals surface area (Å²) in [5.41, 5.74) is 2.94. The lowest BCUT2D eigenvalue weighted by molar-refractivity contribution is -0.117. The monoisotopic (exact) mass is 417 g/mol. The van der Waals surface area contributed by atoms with Crippen LogP contribution in [0.25, 0.3) is 0 Å². The van der Waals surface area contributed by atoms with Gasteiger partial charge in [0.2, 0.25) is 5.91 Å². The lowest BCUT2D eigenvalue weighted by Gasteiger charge is -2.34. The van der Waals surface area contributed by atoms with Crippen LogP contribution in [-0.4, -0.2) is 60.9 Å². The number of nitrogens with zero attached hydrogens (tertiary/aromatic N) is 2. The van der Waals surface area contributed by atoms with Crippen LogP contribution >= 0.6 is 0 Å². The van der Waals surface area contributed by atoms with Gasteiger partial charge in [-0.25, -0.2) is 0 Å². The predicted molar refractivity (Wildman–Crippen MR) is 110 cm³/mol. The smallest absolute Gasteiger partial charge is 0.387 e. The number of anilines is 1. The van der Waals surface area contributed by atoms with Gasteiger partial charge in [0, 0.05) is 31.9 Å². The third-order valence-corrected chi connectivity index (χ3v) is 5.11. The van der Waals surface area contributed by atoms with E-state index in [1.807, 2.05) is 36.9 Å². The number of para-hydroxylation sites is 2. The van der Waals surface area contributed by atoms with Crippen molar-refractivity contribution >= 4 is 17.5 Å². The van der Waals surface area contributed by atoms with Crippen molar-refractivity contribution in [1.29, 1.82) is 0 Å². The van der Waals surface area contributed by atoms with E-state index in [-0.39, 0.29) is 29.7 Å². The maximum Gasteiger partial charge on any atom is 0.387 e. The first-order chi connectivity index (χ1) is 14.3. The molecule has 3 rings (SSSR count). The molecule has 1 heterocycles. The van der Waals surface area contributed by atoms with Crippen molar-refractivity contribution in [2.45, 2.75) is 20.5 Å². The van der Waals surface area contributed by atoms with Crippen molar-refractivity contribution in [3.05, 3.63) is 59.2 Å². The van der Waals surface area contributed by atoms with Crippen LogP contribution in [0.15, 0.2) is 42.5 Å². The summed E-state index contributed by atoms with van der Waals surface area (Å²) in [5, 5.41) is 2.96. The number of hydrogen-bond acceptors (Lipinski definition) is 4. The van der Waals surface area contributed by atoms with E-state index in [0.717, 1.165) is 16.8 Å². The highest BCUT2D eigenvalue weighted by molar-refractivity contribution is 5.97. The average molecular weight is 417 g/mol. The fourth-order valence-corrected chi connectivity index (χ4v) is 3.52. The first-order valence-electron chi connectivity index (χ1n) is 9.76. The van der Waals surface area contributed by atoms with Crippen LogP contribution in [0.3, 0.4) is 0 Å². The van der Waals surface area contributed by atoms with Gasteiger partial charge in [0.1, 0.15) is 5.75 Å². The number of carbonyl (C=O) groups excluding carboxylic acids is 2. The first kappa shape index (κ1) is 21.7. The molecule has 8 heteroatoms. The molecular formula is C22H25F2N3O3. The number of benzene rings is 2. The summed E-state index contributed by atoms with van der Waals surface area (Å²) in [4.78, 5) is 28.8. The molecule has 2 aromatic carbocycles. The minimum atomic E-state index is -2.99. The zero-order valence-electron chi connectivity index (χ0n) is 17.0. The van der Waals surface area contributed by atoms with Crippen LogP contribution in [0, 0.1) is 13.8 Å². The number of carbonyl (C=O) groups is 2. The second-order valence-corrected chi connectivity index (χ2v) is 7.26. The number of aryl methyl sites for hydroxylation is 2. The van der Waals surface area contributed by atoms with E-state index < -0.39 is 6.61 Å². The minimum absolute atomic E-state index is 0.108. The van der Waals surface area contributed by atoms with Crippen molar-refractivity contribution in [3.63, 3.8) is 0 Å². The van der Waals surface area contributed by atoms with E-state index in [2.05, 4.69) is 10.1 Å². The van der Waals surface area contributed by atoms with E-state index in [1.165, 1.54) is 12.1 Å². The van der Waals surface area contributed by atoms with Crippen molar-refractivity contribution in [2.24, 2.45) is 0 Å². The van der Waals surface area contributed by atoms with Crippen molar-refractivity contribution in [3.8, 4) is 5.75 Å². The van der Waals surface area contributed by atoms with Gasteiger partial charge in [-0.05, 0) is 37.1 Å². The third kappa shape index (κ3) is 5.33. The lowest BCUT2D eigenvalue weighted by atomic mass is 10.1. The van der Waals surface area contributed by atoms with Crippen LogP contribution in [0.1, 0.15) is 21.5 Å². The summed E-state index contributed by atoms with van der Waals surface area (Å²) >= 11 is 0. The Balaban J connectivity index is 1.55. The second-order valence-electron chi connectivity index (χ2n) is 7.26. The third-order valence-electron chi connectivity index (χ3n) is 5.11. The van der Waals surface area contributed by atoms with Gasteiger partial charge in [0.25, 0.3) is 5.91 Å². The zero-order valence-corrected chi connectivity index (χ0v) is 17.0. The molecule has 0 atom stereocenters. The minimum Gasteiger partial charge on any atom is -0.434 e. The summed E-state index contributed by atoms with van der Waals surface area (Å²) in [6.45, 7) is 2.96. The Bertz CT molecular complexity index is 892. The quantitative estimate of drug-likeness (QED) is 0.784. The molecule has 2 aromatic rings. The molecule has 1 aliphatic heterocycles. The number of ether oxygens (including phenoxy) is 1. The first-order valence-corrected chi connectivity index (χ1v) is 9.76. The normalized spacial score (nSPS) is 14.6. The Labute approximate surface area is 174 Å². The molecule has 0 saturated carbocycles. The number of piperazine rings is 1. The molecule has 160 valence electrons. The lowest BCUT2D eigenvalue weighted by Crippen LogP contribution is -2.50. The van der Waals surface area contributed by atoms with E-state index in [0.29, 0.717) is 26.2 Å². The summed E-state index contributed by atoms with van der Waals surface area (Å²) in [6.07, 6.45) is 0. The molecule has 1 N–H and O–H groups in total. The summed E-state index contributed by atoms with van der Waals surface area (Å²) in [6, 6.07) is 11.8. The number of nitrogens with one attached hydrogen (secondary N) is 1. The van der Waals surface area contributed by atoms with Gasteiger partial charge >= 0.3 is 6.61 Å². The number of amides is 2. The molecule has 0 aliphatic carbocycles. The molecular weight excluding hydrogens is 392 g/mol. The zero-order chi connectivity index (χ0) is 21.7. The fraction of sp³-hybridized carbons (Fsp3) is 0.364. The van der Waals surface area contributed by atoms with Crippen molar-refractivity contribution in [2.75, 3.05) is 38.0 Å². The summed E-state index contributed by atoms with van der Waals surface area (Å²) in [7, 11) is 0. The Hall–Kier alpha value is -3.00. The Morgan fingerprint density at radius 2 is 1.63 bits per heavy atom. The van der Waals surface area contributed by atoms with Crippen LogP contribution in [-0.2, 0) is 4.79 Å². The van der Waals surface area contributed by atoms with Gasteiger partial charge in [-0.1, -0.05) is 30.3 Å². The van der Waals surface area contributed by atoms with Gasteiger partial charge in [0.05, 0.1) is 12.1 Å². The predicted octanol–water partition coefficient (Wildman–Crippen LogP) is 3.30. The molecule has 1 aliphatic rings. The van der Waals surface area contributed by atoms with Gasteiger partial charge in [-0.15, -0.1) is 0 Å². The fourth-order valence-electron chi connectivity index (χ4n) is 3.52. The molecule has 1 saturated heterocycles.